The molecule has 1 saturated heterocycles. The number of morpholine rings is 1. The highest BCUT2D eigenvalue weighted by Crippen LogP contribution is 2.43. The van der Waals surface area contributed by atoms with E-state index < -0.39 is 17.5 Å². The number of ether oxygens (including phenoxy) is 1. The fraction of sp³-hybridized carbons (Fsp3) is 0.419. The fourth-order valence-corrected chi connectivity index (χ4v) is 5.85. The largest absolute Gasteiger partial charge is 0.378 e. The summed E-state index contributed by atoms with van der Waals surface area (Å²) in [4.78, 5) is 24.5. The number of nitrogens with zero attached hydrogens (tertiary/aromatic N) is 5. The molecule has 7 rings (SSSR count). The van der Waals surface area contributed by atoms with E-state index in [4.69, 9.17) is 14.8 Å². The lowest BCUT2D eigenvalue weighted by molar-refractivity contribution is 0.102. The minimum atomic E-state index is -0.735. The molecule has 0 atom stereocenters. The number of aryl methyl sites for hydroxylation is 1. The average Bonchev–Trinajstić information content (AvgIpc) is 3.72. The van der Waals surface area contributed by atoms with Crippen LogP contribution in [0.1, 0.15) is 72.4 Å². The van der Waals surface area contributed by atoms with Gasteiger partial charge >= 0.3 is 0 Å². The Hall–Kier alpha value is -3.92. The Kier molecular flexibility index (Phi) is 6.26. The number of aromatic nitrogens is 4. The van der Waals surface area contributed by atoms with Crippen LogP contribution in [0, 0.1) is 18.6 Å². The molecule has 10 heteroatoms. The number of pyridine rings is 2. The fourth-order valence-electron chi connectivity index (χ4n) is 5.85. The molecule has 3 fully saturated rings. The number of carbonyl (C=O) groups excluding carboxylic acids is 1. The van der Waals surface area contributed by atoms with Crippen LogP contribution in [-0.4, -0.2) is 51.8 Å². The molecule has 0 radical (unpaired) electrons. The standard InChI is InChI=1S/C31H32F2N6O2/c1-18-12-23(32)25(35-30(40)22-16-26(34-17-24(22)33)31(2)6-3-7-31)15-21(18)20-13-27-36-29(19-4-5-19)37-39(27)28(14-20)38-8-10-41-11-9-38/h12-17,19H,3-11H2,1-2H3,(H,35,40). The van der Waals surface area contributed by atoms with Gasteiger partial charge in [0, 0.05) is 30.1 Å². The molecule has 0 unspecified atom stereocenters. The lowest BCUT2D eigenvalue weighted by Crippen LogP contribution is -2.37. The molecule has 4 heterocycles. The number of anilines is 2. The Morgan fingerprint density at radius 3 is 2.56 bits per heavy atom. The summed E-state index contributed by atoms with van der Waals surface area (Å²) in [5, 5.41) is 7.44. The summed E-state index contributed by atoms with van der Waals surface area (Å²) in [5.41, 5.74) is 3.36. The molecule has 41 heavy (non-hydrogen) atoms. The van der Waals surface area contributed by atoms with Crippen LogP contribution in [0.25, 0.3) is 16.8 Å². The summed E-state index contributed by atoms with van der Waals surface area (Å²) in [6.07, 6.45) is 6.22. The van der Waals surface area contributed by atoms with Gasteiger partial charge in [-0.15, -0.1) is 5.10 Å². The van der Waals surface area contributed by atoms with Gasteiger partial charge in [0.15, 0.2) is 17.3 Å². The first-order valence-electron chi connectivity index (χ1n) is 14.3. The van der Waals surface area contributed by atoms with Crippen LogP contribution in [0.15, 0.2) is 36.5 Å². The number of rotatable bonds is 6. The summed E-state index contributed by atoms with van der Waals surface area (Å²) in [7, 11) is 0. The first-order chi connectivity index (χ1) is 19.8. The second kappa shape index (κ2) is 9.87. The number of hydrogen-bond donors (Lipinski definition) is 1. The van der Waals surface area contributed by atoms with Crippen LogP contribution in [0.4, 0.5) is 20.3 Å². The molecular weight excluding hydrogens is 526 g/mol. The van der Waals surface area contributed by atoms with Gasteiger partial charge in [-0.1, -0.05) is 13.3 Å². The topological polar surface area (TPSA) is 84.7 Å². The van der Waals surface area contributed by atoms with Crippen molar-refractivity contribution in [2.45, 2.75) is 57.3 Å². The Bertz CT molecular complexity index is 1670. The van der Waals surface area contributed by atoms with E-state index in [0.717, 1.165) is 79.8 Å². The van der Waals surface area contributed by atoms with E-state index in [0.29, 0.717) is 30.4 Å². The molecule has 1 N–H and O–H groups in total. The summed E-state index contributed by atoms with van der Waals surface area (Å²) in [5.74, 6) is 0.0966. The van der Waals surface area contributed by atoms with Crippen molar-refractivity contribution < 1.29 is 18.3 Å². The Balaban J connectivity index is 1.26. The zero-order chi connectivity index (χ0) is 28.3. The van der Waals surface area contributed by atoms with Crippen molar-refractivity contribution in [2.75, 3.05) is 36.5 Å². The second-order valence-electron chi connectivity index (χ2n) is 11.8. The van der Waals surface area contributed by atoms with Crippen molar-refractivity contribution in [3.05, 3.63) is 70.8 Å². The molecule has 3 aromatic heterocycles. The predicted molar refractivity (Wildman–Crippen MR) is 151 cm³/mol. The number of fused-ring (bicyclic) bond motifs is 1. The number of nitrogens with one attached hydrogen (secondary N) is 1. The maximum Gasteiger partial charge on any atom is 0.258 e. The van der Waals surface area contributed by atoms with Gasteiger partial charge in [-0.3, -0.25) is 9.78 Å². The Morgan fingerprint density at radius 2 is 1.85 bits per heavy atom. The molecule has 212 valence electrons. The predicted octanol–water partition coefficient (Wildman–Crippen LogP) is 5.79. The van der Waals surface area contributed by atoms with E-state index in [1.165, 1.54) is 12.1 Å². The van der Waals surface area contributed by atoms with E-state index in [1.807, 2.05) is 23.6 Å². The second-order valence-corrected chi connectivity index (χ2v) is 11.8. The number of carbonyl (C=O) groups is 1. The van der Waals surface area contributed by atoms with E-state index in [9.17, 15) is 9.18 Å². The quantitative estimate of drug-likeness (QED) is 0.323. The van der Waals surface area contributed by atoms with Gasteiger partial charge in [0.1, 0.15) is 11.6 Å². The molecule has 1 aromatic carbocycles. The van der Waals surface area contributed by atoms with Crippen LogP contribution in [-0.2, 0) is 10.2 Å². The van der Waals surface area contributed by atoms with Gasteiger partial charge in [0.2, 0.25) is 0 Å². The van der Waals surface area contributed by atoms with Gasteiger partial charge in [-0.25, -0.2) is 13.8 Å². The third-order valence-corrected chi connectivity index (χ3v) is 8.76. The summed E-state index contributed by atoms with van der Waals surface area (Å²) in [6.45, 7) is 6.58. The summed E-state index contributed by atoms with van der Waals surface area (Å²) >= 11 is 0. The van der Waals surface area contributed by atoms with E-state index in [-0.39, 0.29) is 16.7 Å². The summed E-state index contributed by atoms with van der Waals surface area (Å²) < 4.78 is 37.4. The van der Waals surface area contributed by atoms with Crippen molar-refractivity contribution in [1.82, 2.24) is 19.6 Å². The molecule has 2 saturated carbocycles. The van der Waals surface area contributed by atoms with Crippen LogP contribution in [0.5, 0.6) is 0 Å². The highest BCUT2D eigenvalue weighted by Gasteiger charge is 2.36. The number of halogens is 2. The van der Waals surface area contributed by atoms with Gasteiger partial charge < -0.3 is 15.0 Å². The van der Waals surface area contributed by atoms with Crippen LogP contribution < -0.4 is 10.2 Å². The van der Waals surface area contributed by atoms with Gasteiger partial charge in [0.25, 0.3) is 5.91 Å². The number of hydrogen-bond acceptors (Lipinski definition) is 6. The SMILES string of the molecule is Cc1cc(F)c(NC(=O)c2cc(C3(C)CCC3)ncc2F)cc1-c1cc(N2CCOCC2)n2nc(C3CC3)nc2c1. The highest BCUT2D eigenvalue weighted by molar-refractivity contribution is 6.05. The molecular formula is C31H32F2N6O2. The molecule has 4 aromatic rings. The van der Waals surface area contributed by atoms with Crippen LogP contribution in [0.2, 0.25) is 0 Å². The third kappa shape index (κ3) is 4.73. The smallest absolute Gasteiger partial charge is 0.258 e. The average molecular weight is 559 g/mol. The lowest BCUT2D eigenvalue weighted by Gasteiger charge is -2.37. The monoisotopic (exact) mass is 558 g/mol. The first-order valence-corrected chi connectivity index (χ1v) is 14.3. The van der Waals surface area contributed by atoms with Gasteiger partial charge in [0.05, 0.1) is 30.7 Å². The lowest BCUT2D eigenvalue weighted by atomic mass is 9.68. The minimum absolute atomic E-state index is 0.0175. The molecule has 0 bridgehead atoms. The molecule has 8 nitrogen and oxygen atoms in total. The molecule has 1 aliphatic heterocycles. The van der Waals surface area contributed by atoms with Crippen molar-refractivity contribution in [3.8, 4) is 11.1 Å². The summed E-state index contributed by atoms with van der Waals surface area (Å²) in [6, 6.07) is 8.49. The van der Waals surface area contributed by atoms with Crippen LogP contribution in [0.3, 0.4) is 0 Å². The van der Waals surface area contributed by atoms with Gasteiger partial charge in [-0.05, 0) is 79.6 Å². The molecule has 3 aliphatic rings. The first kappa shape index (κ1) is 26.0. The molecule has 1 amide bonds. The minimum Gasteiger partial charge on any atom is -0.378 e. The number of amides is 1. The Morgan fingerprint density at radius 1 is 1.07 bits per heavy atom. The Labute approximate surface area is 236 Å². The van der Waals surface area contributed by atoms with Crippen molar-refractivity contribution in [2.24, 2.45) is 0 Å². The highest BCUT2D eigenvalue weighted by atomic mass is 19.1. The van der Waals surface area contributed by atoms with E-state index in [1.54, 1.807) is 6.07 Å². The maximum absolute atomic E-state index is 15.2. The van der Waals surface area contributed by atoms with Crippen molar-refractivity contribution in [1.29, 1.82) is 0 Å². The normalized spacial score (nSPS) is 18.4. The van der Waals surface area contributed by atoms with Crippen molar-refractivity contribution >= 4 is 23.1 Å². The molecule has 2 aliphatic carbocycles. The van der Waals surface area contributed by atoms with Crippen molar-refractivity contribution in [3.63, 3.8) is 0 Å². The van der Waals surface area contributed by atoms with E-state index in [2.05, 4.69) is 22.1 Å². The zero-order valence-electron chi connectivity index (χ0n) is 23.2. The van der Waals surface area contributed by atoms with Crippen LogP contribution >= 0.6 is 0 Å². The zero-order valence-corrected chi connectivity index (χ0v) is 23.2. The number of benzene rings is 1. The molecule has 0 spiro atoms. The van der Waals surface area contributed by atoms with Gasteiger partial charge in [-0.2, -0.15) is 4.52 Å². The van der Waals surface area contributed by atoms with E-state index >= 15 is 4.39 Å². The maximum atomic E-state index is 15.2. The third-order valence-electron chi connectivity index (χ3n) is 8.76.